The fourth-order valence-corrected chi connectivity index (χ4v) is 2.35. The van der Waals surface area contributed by atoms with Crippen LogP contribution in [0.2, 0.25) is 0 Å². The van der Waals surface area contributed by atoms with Crippen molar-refractivity contribution < 1.29 is 34.2 Å². The molecule has 0 aromatic carbocycles. The molecular weight excluding hydrogens is 410 g/mol. The number of carbonyl (C=O) groups is 5. The molecule has 31 heavy (non-hydrogen) atoms. The van der Waals surface area contributed by atoms with Crippen molar-refractivity contribution in [2.24, 2.45) is 17.6 Å². The predicted octanol–water partition coefficient (Wildman–Crippen LogP) is -2.32. The minimum atomic E-state index is -1.38. The molecule has 0 heterocycles. The summed E-state index contributed by atoms with van der Waals surface area (Å²) in [6, 6.07) is -4.32. The number of nitrogens with two attached hydrogens (primary N) is 1. The Morgan fingerprint density at radius 2 is 1.48 bits per heavy atom. The van der Waals surface area contributed by atoms with Crippen molar-refractivity contribution in [3.8, 4) is 0 Å². The molecule has 178 valence electrons. The molecule has 0 radical (unpaired) electrons. The maximum absolute atomic E-state index is 12.7. The highest BCUT2D eigenvalue weighted by atomic mass is 16.4. The number of amides is 4. The normalized spacial score (nSPS) is 15.7. The summed E-state index contributed by atoms with van der Waals surface area (Å²) in [5, 5.41) is 27.6. The van der Waals surface area contributed by atoms with Crippen molar-refractivity contribution >= 4 is 29.6 Å². The fraction of sp³-hybridized carbons (Fsp3) is 0.737. The summed E-state index contributed by atoms with van der Waals surface area (Å²) in [7, 11) is 0. The standard InChI is InChI=1S/C19H35N5O7/c1-6-10(4)15(24-17(28)14(20)9(2)3)18(29)23-12(8-25)16(27)21-7-13(26)22-11(5)19(30)31/h9-12,14-15,25H,6-8,20H2,1-5H3,(H,21,27)(H,22,26)(H,23,29)(H,24,28)(H,30,31)/t10-,11-,12-,14-,15-/m0/s1. The Morgan fingerprint density at radius 3 is 1.94 bits per heavy atom. The van der Waals surface area contributed by atoms with Gasteiger partial charge >= 0.3 is 5.97 Å². The third-order valence-electron chi connectivity index (χ3n) is 4.80. The maximum atomic E-state index is 12.7. The average molecular weight is 446 g/mol. The molecule has 8 N–H and O–H groups in total. The van der Waals surface area contributed by atoms with Gasteiger partial charge in [0.05, 0.1) is 19.2 Å². The number of carboxylic acid groups (broad SMARTS) is 1. The van der Waals surface area contributed by atoms with Gasteiger partial charge in [0.2, 0.25) is 23.6 Å². The maximum Gasteiger partial charge on any atom is 0.325 e. The topological polar surface area (TPSA) is 200 Å². The lowest BCUT2D eigenvalue weighted by molar-refractivity contribution is -0.141. The lowest BCUT2D eigenvalue weighted by atomic mass is 9.96. The van der Waals surface area contributed by atoms with Crippen LogP contribution in [0, 0.1) is 11.8 Å². The number of hydrogen-bond donors (Lipinski definition) is 7. The summed E-state index contributed by atoms with van der Waals surface area (Å²) >= 11 is 0. The largest absolute Gasteiger partial charge is 0.480 e. The first-order valence-corrected chi connectivity index (χ1v) is 10.1. The van der Waals surface area contributed by atoms with Gasteiger partial charge in [0.1, 0.15) is 18.1 Å². The summed E-state index contributed by atoms with van der Waals surface area (Å²) < 4.78 is 0. The smallest absolute Gasteiger partial charge is 0.325 e. The summed E-state index contributed by atoms with van der Waals surface area (Å²) in [5.41, 5.74) is 5.82. The van der Waals surface area contributed by atoms with Gasteiger partial charge in [-0.3, -0.25) is 24.0 Å². The van der Waals surface area contributed by atoms with Crippen molar-refractivity contribution in [1.29, 1.82) is 0 Å². The van der Waals surface area contributed by atoms with Gasteiger partial charge in [-0.1, -0.05) is 34.1 Å². The second-order valence-electron chi connectivity index (χ2n) is 7.73. The van der Waals surface area contributed by atoms with E-state index in [0.717, 1.165) is 0 Å². The summed E-state index contributed by atoms with van der Waals surface area (Å²) in [5.74, 6) is -4.46. The van der Waals surface area contributed by atoms with Gasteiger partial charge in [-0.25, -0.2) is 0 Å². The zero-order chi connectivity index (χ0) is 24.3. The molecule has 4 amide bonds. The Labute approximate surface area is 181 Å². The van der Waals surface area contributed by atoms with Gasteiger partial charge in [0.25, 0.3) is 0 Å². The monoisotopic (exact) mass is 445 g/mol. The zero-order valence-corrected chi connectivity index (χ0v) is 18.6. The quantitative estimate of drug-likeness (QED) is 0.164. The van der Waals surface area contributed by atoms with Gasteiger partial charge in [-0.2, -0.15) is 0 Å². The first-order valence-electron chi connectivity index (χ1n) is 10.1. The number of carbonyl (C=O) groups excluding carboxylic acids is 4. The van der Waals surface area contributed by atoms with E-state index in [2.05, 4.69) is 21.3 Å². The number of aliphatic hydroxyl groups is 1. The highest BCUT2D eigenvalue weighted by Crippen LogP contribution is 2.10. The van der Waals surface area contributed by atoms with Crippen LogP contribution >= 0.6 is 0 Å². The van der Waals surface area contributed by atoms with Crippen molar-refractivity contribution in [2.75, 3.05) is 13.2 Å². The number of aliphatic carboxylic acids is 1. The second kappa shape index (κ2) is 13.5. The Hall–Kier alpha value is -2.73. The summed E-state index contributed by atoms with van der Waals surface area (Å²) in [6.07, 6.45) is 0.549. The number of nitrogens with one attached hydrogen (secondary N) is 4. The van der Waals surface area contributed by atoms with Crippen LogP contribution in [0.5, 0.6) is 0 Å². The van der Waals surface area contributed by atoms with Gasteiger partial charge in [0.15, 0.2) is 0 Å². The van der Waals surface area contributed by atoms with Crippen LogP contribution in [0.4, 0.5) is 0 Å². The zero-order valence-electron chi connectivity index (χ0n) is 18.6. The number of aliphatic hydroxyl groups excluding tert-OH is 1. The highest BCUT2D eigenvalue weighted by molar-refractivity contribution is 5.94. The lowest BCUT2D eigenvalue weighted by Crippen LogP contribution is -2.59. The Morgan fingerprint density at radius 1 is 0.903 bits per heavy atom. The Kier molecular flexibility index (Phi) is 12.4. The van der Waals surface area contributed by atoms with Gasteiger partial charge < -0.3 is 37.2 Å². The molecule has 0 saturated heterocycles. The molecule has 0 aliphatic carbocycles. The average Bonchev–Trinajstić information content (AvgIpc) is 2.72. The van der Waals surface area contributed by atoms with E-state index in [-0.39, 0.29) is 11.8 Å². The van der Waals surface area contributed by atoms with Crippen LogP contribution in [-0.4, -0.2) is 77.1 Å². The minimum absolute atomic E-state index is 0.147. The van der Waals surface area contributed by atoms with Crippen molar-refractivity contribution in [2.45, 2.75) is 65.2 Å². The molecule has 0 unspecified atom stereocenters. The minimum Gasteiger partial charge on any atom is -0.480 e. The summed E-state index contributed by atoms with van der Waals surface area (Å²) in [4.78, 5) is 59.6. The molecule has 0 aliphatic rings. The van der Waals surface area contributed by atoms with Crippen molar-refractivity contribution in [3.05, 3.63) is 0 Å². The van der Waals surface area contributed by atoms with E-state index >= 15 is 0 Å². The molecule has 0 aromatic rings. The molecule has 0 bridgehead atoms. The second-order valence-corrected chi connectivity index (χ2v) is 7.73. The number of hydrogen-bond acceptors (Lipinski definition) is 7. The van der Waals surface area contributed by atoms with Crippen LogP contribution in [0.15, 0.2) is 0 Å². The molecule has 0 fully saturated rings. The van der Waals surface area contributed by atoms with E-state index in [9.17, 15) is 29.1 Å². The molecule has 0 saturated carbocycles. The first-order chi connectivity index (χ1) is 14.3. The lowest BCUT2D eigenvalue weighted by Gasteiger charge is -2.27. The molecule has 0 rings (SSSR count). The Balaban J connectivity index is 5.03. The predicted molar refractivity (Wildman–Crippen MR) is 111 cm³/mol. The molecule has 0 aromatic heterocycles. The van der Waals surface area contributed by atoms with E-state index in [1.54, 1.807) is 20.8 Å². The van der Waals surface area contributed by atoms with Crippen LogP contribution in [0.3, 0.4) is 0 Å². The molecule has 12 nitrogen and oxygen atoms in total. The number of carboxylic acids is 1. The van der Waals surface area contributed by atoms with E-state index in [1.165, 1.54) is 6.92 Å². The van der Waals surface area contributed by atoms with E-state index in [0.29, 0.717) is 6.42 Å². The van der Waals surface area contributed by atoms with E-state index < -0.39 is 66.9 Å². The van der Waals surface area contributed by atoms with Gasteiger partial charge in [0, 0.05) is 0 Å². The third kappa shape index (κ3) is 9.75. The van der Waals surface area contributed by atoms with Crippen LogP contribution < -0.4 is 27.0 Å². The van der Waals surface area contributed by atoms with Gasteiger partial charge in [-0.15, -0.1) is 0 Å². The van der Waals surface area contributed by atoms with E-state index in [1.807, 2.05) is 6.92 Å². The van der Waals surface area contributed by atoms with Crippen molar-refractivity contribution in [1.82, 2.24) is 21.3 Å². The molecule has 12 heteroatoms. The number of rotatable bonds is 13. The fourth-order valence-electron chi connectivity index (χ4n) is 2.35. The highest BCUT2D eigenvalue weighted by Gasteiger charge is 2.31. The van der Waals surface area contributed by atoms with Crippen molar-refractivity contribution in [3.63, 3.8) is 0 Å². The Bertz CT molecular complexity index is 656. The van der Waals surface area contributed by atoms with Crippen LogP contribution in [0.25, 0.3) is 0 Å². The van der Waals surface area contributed by atoms with Crippen LogP contribution in [-0.2, 0) is 24.0 Å². The molecule has 5 atom stereocenters. The first kappa shape index (κ1) is 28.3. The van der Waals surface area contributed by atoms with Gasteiger partial charge in [-0.05, 0) is 18.8 Å². The molecule has 0 aliphatic heterocycles. The third-order valence-corrected chi connectivity index (χ3v) is 4.80. The summed E-state index contributed by atoms with van der Waals surface area (Å²) in [6.45, 7) is 7.06. The van der Waals surface area contributed by atoms with Crippen LogP contribution in [0.1, 0.15) is 41.0 Å². The SMILES string of the molecule is CC[C@H](C)[C@H](NC(=O)[C@@H](N)C(C)C)C(=O)N[C@@H](CO)C(=O)NCC(=O)N[C@@H](C)C(=O)O. The molecule has 0 spiro atoms. The van der Waals surface area contributed by atoms with E-state index in [4.69, 9.17) is 10.8 Å². The molecular formula is C19H35N5O7.